The zero-order valence-electron chi connectivity index (χ0n) is 11.2. The van der Waals surface area contributed by atoms with Gasteiger partial charge in [-0.25, -0.2) is 0 Å². The SMILES string of the molecule is CCc1ccc(C23CCC(C#N)(CC2)CC3)cc1. The normalized spacial score (nSPS) is 34.2. The first-order valence-electron chi connectivity index (χ1n) is 7.23. The van der Waals surface area contributed by atoms with Gasteiger partial charge in [-0.2, -0.15) is 5.26 Å². The second-order valence-corrected chi connectivity index (χ2v) is 6.22. The molecule has 0 radical (unpaired) electrons. The summed E-state index contributed by atoms with van der Waals surface area (Å²) in [7, 11) is 0. The van der Waals surface area contributed by atoms with Gasteiger partial charge in [-0.05, 0) is 61.5 Å². The number of benzene rings is 1. The number of nitrogens with zero attached hydrogens (tertiary/aromatic N) is 1. The molecule has 4 rings (SSSR count). The summed E-state index contributed by atoms with van der Waals surface area (Å²) >= 11 is 0. The van der Waals surface area contributed by atoms with Gasteiger partial charge in [0.1, 0.15) is 0 Å². The maximum Gasteiger partial charge on any atom is 0.0689 e. The van der Waals surface area contributed by atoms with Crippen molar-refractivity contribution in [3.05, 3.63) is 35.4 Å². The lowest BCUT2D eigenvalue weighted by atomic mass is 9.52. The Hall–Kier alpha value is -1.29. The lowest BCUT2D eigenvalue weighted by Crippen LogP contribution is -2.43. The van der Waals surface area contributed by atoms with Gasteiger partial charge in [-0.3, -0.25) is 0 Å². The first-order valence-corrected chi connectivity index (χ1v) is 7.23. The third kappa shape index (κ3) is 1.67. The minimum absolute atomic E-state index is 0.0328. The Balaban J connectivity index is 1.87. The van der Waals surface area contributed by atoms with Crippen LogP contribution in [-0.2, 0) is 11.8 Å². The van der Waals surface area contributed by atoms with Crippen LogP contribution in [0.2, 0.25) is 0 Å². The summed E-state index contributed by atoms with van der Waals surface area (Å²) in [6.45, 7) is 2.20. The molecule has 0 saturated heterocycles. The van der Waals surface area contributed by atoms with Crippen LogP contribution in [0.1, 0.15) is 56.6 Å². The van der Waals surface area contributed by atoms with E-state index in [1.165, 1.54) is 30.4 Å². The predicted octanol–water partition coefficient (Wildman–Crippen LogP) is 4.36. The molecule has 3 aliphatic rings. The van der Waals surface area contributed by atoms with E-state index < -0.39 is 0 Å². The van der Waals surface area contributed by atoms with E-state index in [-0.39, 0.29) is 5.41 Å². The Kier molecular flexibility index (Phi) is 2.70. The van der Waals surface area contributed by atoms with Crippen LogP contribution in [0.25, 0.3) is 0 Å². The maximum atomic E-state index is 9.34. The third-order valence-corrected chi connectivity index (χ3v) is 5.46. The van der Waals surface area contributed by atoms with E-state index >= 15 is 0 Å². The van der Waals surface area contributed by atoms with E-state index in [2.05, 4.69) is 37.3 Å². The summed E-state index contributed by atoms with van der Waals surface area (Å²) in [5.41, 5.74) is 3.37. The van der Waals surface area contributed by atoms with Gasteiger partial charge in [0.15, 0.2) is 0 Å². The summed E-state index contributed by atoms with van der Waals surface area (Å²) in [4.78, 5) is 0. The van der Waals surface area contributed by atoms with Gasteiger partial charge >= 0.3 is 0 Å². The van der Waals surface area contributed by atoms with Crippen molar-refractivity contribution in [1.82, 2.24) is 0 Å². The van der Waals surface area contributed by atoms with Crippen LogP contribution in [0.3, 0.4) is 0 Å². The van der Waals surface area contributed by atoms with Gasteiger partial charge in [0.25, 0.3) is 0 Å². The van der Waals surface area contributed by atoms with Gasteiger partial charge in [-0.15, -0.1) is 0 Å². The zero-order chi connectivity index (χ0) is 12.6. The highest BCUT2D eigenvalue weighted by molar-refractivity contribution is 5.32. The van der Waals surface area contributed by atoms with Crippen LogP contribution in [-0.4, -0.2) is 0 Å². The average Bonchev–Trinajstić information content (AvgIpc) is 2.49. The summed E-state index contributed by atoms with van der Waals surface area (Å²) in [6.07, 6.45) is 8.09. The van der Waals surface area contributed by atoms with Crippen molar-refractivity contribution in [3.8, 4) is 6.07 Å². The Bertz CT molecular complexity index is 453. The highest BCUT2D eigenvalue weighted by atomic mass is 14.5. The highest BCUT2D eigenvalue weighted by Crippen LogP contribution is 2.57. The van der Waals surface area contributed by atoms with E-state index in [0.717, 1.165) is 25.7 Å². The largest absolute Gasteiger partial charge is 0.198 e. The fourth-order valence-corrected chi connectivity index (χ4v) is 3.88. The van der Waals surface area contributed by atoms with Crippen LogP contribution < -0.4 is 0 Å². The smallest absolute Gasteiger partial charge is 0.0689 e. The van der Waals surface area contributed by atoms with Crippen LogP contribution in [0, 0.1) is 16.7 Å². The third-order valence-electron chi connectivity index (χ3n) is 5.46. The summed E-state index contributed by atoms with van der Waals surface area (Å²) in [5, 5.41) is 9.34. The molecule has 0 unspecified atom stereocenters. The Morgan fingerprint density at radius 2 is 1.56 bits per heavy atom. The second-order valence-electron chi connectivity index (χ2n) is 6.22. The summed E-state index contributed by atoms with van der Waals surface area (Å²) in [5.74, 6) is 0. The standard InChI is InChI=1S/C17H21N/c1-2-14-3-5-15(6-4-14)17-10-7-16(13-18,8-11-17)9-12-17/h3-6H,2,7-12H2,1H3. The van der Waals surface area contributed by atoms with Gasteiger partial charge in [0.05, 0.1) is 11.5 Å². The van der Waals surface area contributed by atoms with Crippen molar-refractivity contribution in [2.24, 2.45) is 5.41 Å². The molecule has 1 aromatic rings. The molecule has 2 bridgehead atoms. The molecule has 0 atom stereocenters. The van der Waals surface area contributed by atoms with Crippen LogP contribution in [0.5, 0.6) is 0 Å². The van der Waals surface area contributed by atoms with E-state index in [4.69, 9.17) is 0 Å². The lowest BCUT2D eigenvalue weighted by molar-refractivity contribution is 0.0849. The molecule has 0 spiro atoms. The van der Waals surface area contributed by atoms with Crippen molar-refractivity contribution >= 4 is 0 Å². The van der Waals surface area contributed by atoms with E-state index in [1.807, 2.05) is 0 Å². The summed E-state index contributed by atoms with van der Waals surface area (Å²) < 4.78 is 0. The highest BCUT2D eigenvalue weighted by Gasteiger charge is 2.49. The Morgan fingerprint density at radius 3 is 2.00 bits per heavy atom. The molecule has 3 saturated carbocycles. The first-order chi connectivity index (χ1) is 8.72. The molecule has 0 amide bonds. The maximum absolute atomic E-state index is 9.34. The number of aryl methyl sites for hydroxylation is 1. The summed E-state index contributed by atoms with van der Waals surface area (Å²) in [6, 6.07) is 11.8. The monoisotopic (exact) mass is 239 g/mol. The first kappa shape index (κ1) is 11.8. The van der Waals surface area contributed by atoms with E-state index in [1.54, 1.807) is 0 Å². The number of nitriles is 1. The molecule has 3 fully saturated rings. The molecule has 1 aromatic carbocycles. The second kappa shape index (κ2) is 4.12. The number of hydrogen-bond acceptors (Lipinski definition) is 1. The van der Waals surface area contributed by atoms with Crippen LogP contribution >= 0.6 is 0 Å². The van der Waals surface area contributed by atoms with Crippen molar-refractivity contribution in [2.45, 2.75) is 57.3 Å². The molecule has 3 aliphatic carbocycles. The van der Waals surface area contributed by atoms with Crippen LogP contribution in [0.4, 0.5) is 0 Å². The number of fused-ring (bicyclic) bond motifs is 3. The molecule has 0 N–H and O–H groups in total. The minimum Gasteiger partial charge on any atom is -0.198 e. The fraction of sp³-hybridized carbons (Fsp3) is 0.588. The van der Waals surface area contributed by atoms with Crippen molar-refractivity contribution in [1.29, 1.82) is 5.26 Å². The molecular weight excluding hydrogens is 218 g/mol. The van der Waals surface area contributed by atoms with Gasteiger partial charge in [0, 0.05) is 0 Å². The Morgan fingerprint density at radius 1 is 1.00 bits per heavy atom. The molecular formula is C17H21N. The lowest BCUT2D eigenvalue weighted by Gasteiger charge is -2.50. The minimum atomic E-state index is 0.0328. The van der Waals surface area contributed by atoms with E-state index in [0.29, 0.717) is 5.41 Å². The number of hydrogen-bond donors (Lipinski definition) is 0. The molecule has 0 heterocycles. The zero-order valence-corrected chi connectivity index (χ0v) is 11.2. The number of rotatable bonds is 2. The molecule has 0 aliphatic heterocycles. The van der Waals surface area contributed by atoms with Crippen molar-refractivity contribution < 1.29 is 0 Å². The average molecular weight is 239 g/mol. The van der Waals surface area contributed by atoms with Gasteiger partial charge in [0.2, 0.25) is 0 Å². The fourth-order valence-electron chi connectivity index (χ4n) is 3.88. The van der Waals surface area contributed by atoms with Crippen molar-refractivity contribution in [2.75, 3.05) is 0 Å². The quantitative estimate of drug-likeness (QED) is 0.752. The molecule has 0 aromatic heterocycles. The van der Waals surface area contributed by atoms with Gasteiger partial charge in [-0.1, -0.05) is 31.2 Å². The van der Waals surface area contributed by atoms with E-state index in [9.17, 15) is 5.26 Å². The molecule has 94 valence electrons. The predicted molar refractivity (Wildman–Crippen MR) is 73.2 cm³/mol. The van der Waals surface area contributed by atoms with Crippen LogP contribution in [0.15, 0.2) is 24.3 Å². The van der Waals surface area contributed by atoms with Gasteiger partial charge < -0.3 is 0 Å². The molecule has 1 heteroatoms. The van der Waals surface area contributed by atoms with Crippen molar-refractivity contribution in [3.63, 3.8) is 0 Å². The topological polar surface area (TPSA) is 23.8 Å². The molecule has 18 heavy (non-hydrogen) atoms. The molecule has 1 nitrogen and oxygen atoms in total. The Labute approximate surface area is 110 Å².